The number of fused-ring (bicyclic) bond motifs is 1. The molecule has 0 saturated heterocycles. The molecule has 20 heavy (non-hydrogen) atoms. The van der Waals surface area contributed by atoms with Crippen molar-refractivity contribution < 1.29 is 31.5 Å². The minimum absolute atomic E-state index is 0.0267. The van der Waals surface area contributed by atoms with Gasteiger partial charge in [-0.15, -0.1) is 0 Å². The van der Waals surface area contributed by atoms with Crippen molar-refractivity contribution in [1.82, 2.24) is 0 Å². The molecule has 7 heteroatoms. The average Bonchev–Trinajstić information content (AvgIpc) is 2.76. The summed E-state index contributed by atoms with van der Waals surface area (Å²) < 4.78 is 57.9. The Morgan fingerprint density at radius 1 is 1.25 bits per heavy atom. The van der Waals surface area contributed by atoms with Gasteiger partial charge in [-0.05, 0) is 24.3 Å². The fourth-order valence-electron chi connectivity index (χ4n) is 1.63. The number of halogens is 4. The van der Waals surface area contributed by atoms with Crippen LogP contribution >= 0.6 is 0 Å². The van der Waals surface area contributed by atoms with Crippen LogP contribution in [0.2, 0.25) is 0 Å². The number of alkyl halides is 3. The van der Waals surface area contributed by atoms with Gasteiger partial charge in [-0.25, -0.2) is 4.39 Å². The predicted molar refractivity (Wildman–Crippen MR) is 62.0 cm³/mol. The molecule has 1 heterocycles. The molecule has 0 aliphatic heterocycles. The molecule has 0 atom stereocenters. The number of ketones is 1. The number of benzene rings is 1. The van der Waals surface area contributed by atoms with E-state index >= 15 is 0 Å². The molecule has 0 aliphatic rings. The Morgan fingerprint density at radius 2 is 2.00 bits per heavy atom. The van der Waals surface area contributed by atoms with Gasteiger partial charge in [0.05, 0.1) is 6.61 Å². The first-order valence-corrected chi connectivity index (χ1v) is 5.72. The van der Waals surface area contributed by atoms with Crippen molar-refractivity contribution in [3.63, 3.8) is 0 Å². The van der Waals surface area contributed by atoms with Crippen molar-refractivity contribution in [3.8, 4) is 0 Å². The monoisotopic (exact) mass is 290 g/mol. The van der Waals surface area contributed by atoms with E-state index in [0.717, 1.165) is 0 Å². The Bertz CT molecular complexity index is 616. The van der Waals surface area contributed by atoms with Crippen LogP contribution in [0.4, 0.5) is 17.6 Å². The Hall–Kier alpha value is -1.89. The Labute approximate surface area is 111 Å². The second-order valence-electron chi connectivity index (χ2n) is 4.13. The van der Waals surface area contributed by atoms with Gasteiger partial charge in [-0.1, -0.05) is 0 Å². The fourth-order valence-corrected chi connectivity index (χ4v) is 1.63. The molecule has 0 fully saturated rings. The zero-order chi connectivity index (χ0) is 14.8. The smallest absolute Gasteiger partial charge is 0.411 e. The molecule has 1 aromatic heterocycles. The van der Waals surface area contributed by atoms with E-state index in [-0.39, 0.29) is 18.8 Å². The largest absolute Gasteiger partial charge is 0.453 e. The van der Waals surface area contributed by atoms with Crippen molar-refractivity contribution in [3.05, 3.63) is 35.8 Å². The second-order valence-corrected chi connectivity index (χ2v) is 4.13. The van der Waals surface area contributed by atoms with Crippen LogP contribution in [0.3, 0.4) is 0 Å². The zero-order valence-electron chi connectivity index (χ0n) is 10.2. The molecular formula is C13H10F4O3. The lowest BCUT2D eigenvalue weighted by Gasteiger charge is -2.06. The van der Waals surface area contributed by atoms with E-state index < -0.39 is 24.4 Å². The fraction of sp³-hybridized carbons (Fsp3) is 0.308. The van der Waals surface area contributed by atoms with Crippen LogP contribution in [-0.4, -0.2) is 25.2 Å². The molecule has 0 amide bonds. The minimum atomic E-state index is -4.42. The lowest BCUT2D eigenvalue weighted by atomic mass is 10.2. The summed E-state index contributed by atoms with van der Waals surface area (Å²) in [5.74, 6) is -0.990. The van der Waals surface area contributed by atoms with Crippen molar-refractivity contribution in [2.75, 3.05) is 13.2 Å². The number of carbonyl (C=O) groups excluding carboxylic acids is 1. The molecule has 0 aliphatic carbocycles. The predicted octanol–water partition coefficient (Wildman–Crippen LogP) is 3.72. The molecule has 0 N–H and O–H groups in total. The molecule has 0 saturated carbocycles. The first-order valence-electron chi connectivity index (χ1n) is 5.72. The lowest BCUT2D eigenvalue weighted by Crippen LogP contribution is -2.18. The minimum Gasteiger partial charge on any atom is -0.453 e. The van der Waals surface area contributed by atoms with Gasteiger partial charge < -0.3 is 9.15 Å². The highest BCUT2D eigenvalue weighted by Gasteiger charge is 2.27. The summed E-state index contributed by atoms with van der Waals surface area (Å²) in [4.78, 5) is 11.7. The third kappa shape index (κ3) is 3.80. The van der Waals surface area contributed by atoms with Gasteiger partial charge in [0.2, 0.25) is 0 Å². The molecule has 3 nitrogen and oxygen atoms in total. The van der Waals surface area contributed by atoms with E-state index in [9.17, 15) is 22.4 Å². The number of furan rings is 1. The summed E-state index contributed by atoms with van der Waals surface area (Å²) in [5, 5.41) is 0.421. The topological polar surface area (TPSA) is 39.4 Å². The van der Waals surface area contributed by atoms with Gasteiger partial charge in [-0.2, -0.15) is 13.2 Å². The third-order valence-electron chi connectivity index (χ3n) is 2.49. The molecule has 0 spiro atoms. The van der Waals surface area contributed by atoms with Crippen LogP contribution in [0.5, 0.6) is 0 Å². The van der Waals surface area contributed by atoms with Gasteiger partial charge in [-0.3, -0.25) is 4.79 Å². The summed E-state index contributed by atoms with van der Waals surface area (Å²) >= 11 is 0. The molecule has 2 aromatic rings. The van der Waals surface area contributed by atoms with Crippen LogP contribution in [0, 0.1) is 5.82 Å². The summed E-state index contributed by atoms with van der Waals surface area (Å²) in [6.07, 6.45) is -4.65. The van der Waals surface area contributed by atoms with Crippen LogP contribution in [-0.2, 0) is 4.74 Å². The Morgan fingerprint density at radius 3 is 2.70 bits per heavy atom. The van der Waals surface area contributed by atoms with Crippen molar-refractivity contribution >= 4 is 16.8 Å². The van der Waals surface area contributed by atoms with Gasteiger partial charge in [0.1, 0.15) is 18.0 Å². The zero-order valence-corrected chi connectivity index (χ0v) is 10.2. The van der Waals surface area contributed by atoms with E-state index in [1.807, 2.05) is 0 Å². The van der Waals surface area contributed by atoms with Crippen LogP contribution in [0.1, 0.15) is 17.0 Å². The molecule has 2 rings (SSSR count). The van der Waals surface area contributed by atoms with Gasteiger partial charge in [0.15, 0.2) is 11.5 Å². The quantitative estimate of drug-likeness (QED) is 0.478. The summed E-state index contributed by atoms with van der Waals surface area (Å²) in [6.45, 7) is -1.75. The molecule has 0 unspecified atom stereocenters. The first kappa shape index (κ1) is 14.5. The van der Waals surface area contributed by atoms with Crippen molar-refractivity contribution in [2.45, 2.75) is 12.6 Å². The number of rotatable bonds is 5. The van der Waals surface area contributed by atoms with Gasteiger partial charge in [0, 0.05) is 11.8 Å². The van der Waals surface area contributed by atoms with Crippen LogP contribution in [0.25, 0.3) is 11.0 Å². The van der Waals surface area contributed by atoms with Crippen LogP contribution < -0.4 is 0 Å². The Balaban J connectivity index is 1.94. The maximum absolute atomic E-state index is 13.0. The molecular weight excluding hydrogens is 280 g/mol. The maximum Gasteiger partial charge on any atom is 0.411 e. The number of carbonyl (C=O) groups is 1. The molecule has 0 radical (unpaired) electrons. The summed E-state index contributed by atoms with van der Waals surface area (Å²) in [6, 6.07) is 5.12. The van der Waals surface area contributed by atoms with Gasteiger partial charge >= 0.3 is 6.18 Å². The maximum atomic E-state index is 13.0. The number of ether oxygens (including phenoxy) is 1. The summed E-state index contributed by atoms with van der Waals surface area (Å²) in [7, 11) is 0. The Kier molecular flexibility index (Phi) is 4.08. The van der Waals surface area contributed by atoms with E-state index in [0.29, 0.717) is 11.0 Å². The standard InChI is InChI=1S/C13H10F4O3/c14-9-1-2-11-8(5-9)6-12(20-11)10(18)3-4-19-7-13(15,16)17/h1-2,5-6H,3-4,7H2. The first-order chi connectivity index (χ1) is 9.35. The third-order valence-corrected chi connectivity index (χ3v) is 2.49. The van der Waals surface area contributed by atoms with Crippen LogP contribution in [0.15, 0.2) is 28.7 Å². The lowest BCUT2D eigenvalue weighted by molar-refractivity contribution is -0.173. The SMILES string of the molecule is O=C(CCOCC(F)(F)F)c1cc2cc(F)ccc2o1. The van der Waals surface area contributed by atoms with E-state index in [1.165, 1.54) is 24.3 Å². The highest BCUT2D eigenvalue weighted by atomic mass is 19.4. The number of hydrogen-bond acceptors (Lipinski definition) is 3. The molecule has 1 aromatic carbocycles. The van der Waals surface area contributed by atoms with E-state index in [1.54, 1.807) is 0 Å². The molecule has 0 bridgehead atoms. The second kappa shape index (κ2) is 5.62. The highest BCUT2D eigenvalue weighted by Crippen LogP contribution is 2.21. The number of hydrogen-bond donors (Lipinski definition) is 0. The number of Topliss-reactive ketones (excluding diaryl/α,β-unsaturated/α-hetero) is 1. The van der Waals surface area contributed by atoms with E-state index in [2.05, 4.69) is 4.74 Å². The highest BCUT2D eigenvalue weighted by molar-refractivity contribution is 5.97. The summed E-state index contributed by atoms with van der Waals surface area (Å²) in [5.41, 5.74) is 0.339. The van der Waals surface area contributed by atoms with Crippen molar-refractivity contribution in [2.24, 2.45) is 0 Å². The van der Waals surface area contributed by atoms with Crippen molar-refractivity contribution in [1.29, 1.82) is 0 Å². The normalized spacial score (nSPS) is 12.0. The molecule has 108 valence electrons. The van der Waals surface area contributed by atoms with E-state index in [4.69, 9.17) is 4.42 Å². The average molecular weight is 290 g/mol. The van der Waals surface area contributed by atoms with Gasteiger partial charge in [0.25, 0.3) is 0 Å².